The third kappa shape index (κ3) is 4.71. The summed E-state index contributed by atoms with van der Waals surface area (Å²) in [5.74, 6) is -1.58. The van der Waals surface area contributed by atoms with Gasteiger partial charge in [0.25, 0.3) is 0 Å². The number of nitrogens with one attached hydrogen (secondary N) is 2. The number of hydrogen-bond donors (Lipinski definition) is 2. The number of rotatable bonds is 5. The van der Waals surface area contributed by atoms with Crippen molar-refractivity contribution in [2.75, 3.05) is 5.32 Å². The van der Waals surface area contributed by atoms with E-state index in [1.54, 1.807) is 24.3 Å². The molecule has 0 radical (unpaired) electrons. The van der Waals surface area contributed by atoms with Crippen LogP contribution in [-0.4, -0.2) is 17.6 Å². The molecular formula is C23H20N2O3. The van der Waals surface area contributed by atoms with Crippen LogP contribution in [0.4, 0.5) is 5.69 Å². The molecule has 0 fully saturated rings. The summed E-state index contributed by atoms with van der Waals surface area (Å²) in [6, 6.07) is 24.9. The molecule has 0 heterocycles. The molecule has 2 N–H and O–H groups in total. The standard InChI is InChI=1S/C23H20N2O3/c1-16(26)17-12-14-20(15-13-17)24-22(27)23(28)25-21(18-8-4-2-5-9-18)19-10-6-3-7-11-19/h2-15,21H,1H3,(H,24,27)(H,25,28). The summed E-state index contributed by atoms with van der Waals surface area (Å²) < 4.78 is 0. The highest BCUT2D eigenvalue weighted by Gasteiger charge is 2.21. The Morgan fingerprint density at radius 2 is 1.18 bits per heavy atom. The lowest BCUT2D eigenvalue weighted by Gasteiger charge is -2.19. The van der Waals surface area contributed by atoms with E-state index in [4.69, 9.17) is 0 Å². The van der Waals surface area contributed by atoms with Crippen LogP contribution in [0, 0.1) is 0 Å². The minimum atomic E-state index is -0.771. The molecule has 3 aromatic rings. The molecule has 28 heavy (non-hydrogen) atoms. The summed E-state index contributed by atoms with van der Waals surface area (Å²) in [7, 11) is 0. The lowest BCUT2D eigenvalue weighted by atomic mass is 9.99. The van der Waals surface area contributed by atoms with Crippen molar-refractivity contribution in [3.8, 4) is 0 Å². The largest absolute Gasteiger partial charge is 0.337 e. The summed E-state index contributed by atoms with van der Waals surface area (Å²) in [6.07, 6.45) is 0. The second-order valence-electron chi connectivity index (χ2n) is 6.32. The van der Waals surface area contributed by atoms with Crippen molar-refractivity contribution in [1.82, 2.24) is 5.32 Å². The summed E-state index contributed by atoms with van der Waals surface area (Å²) in [5.41, 5.74) is 2.73. The molecule has 0 aliphatic heterocycles. The second-order valence-corrected chi connectivity index (χ2v) is 6.32. The molecule has 0 unspecified atom stereocenters. The van der Waals surface area contributed by atoms with Crippen molar-refractivity contribution in [2.24, 2.45) is 0 Å². The minimum Gasteiger partial charge on any atom is -0.337 e. The third-order valence-electron chi connectivity index (χ3n) is 4.30. The lowest BCUT2D eigenvalue weighted by molar-refractivity contribution is -0.136. The van der Waals surface area contributed by atoms with Gasteiger partial charge in [-0.05, 0) is 42.3 Å². The van der Waals surface area contributed by atoms with Gasteiger partial charge in [0.05, 0.1) is 6.04 Å². The molecule has 140 valence electrons. The van der Waals surface area contributed by atoms with Gasteiger partial charge in [0, 0.05) is 11.3 Å². The van der Waals surface area contributed by atoms with Gasteiger partial charge in [-0.3, -0.25) is 14.4 Å². The fourth-order valence-electron chi connectivity index (χ4n) is 2.82. The molecule has 3 rings (SSSR count). The van der Waals surface area contributed by atoms with E-state index in [1.807, 2.05) is 60.7 Å². The number of Topliss-reactive ketones (excluding diaryl/α,β-unsaturated/α-hetero) is 1. The van der Waals surface area contributed by atoms with Gasteiger partial charge in [0.15, 0.2) is 5.78 Å². The molecule has 0 aliphatic rings. The van der Waals surface area contributed by atoms with Crippen LogP contribution in [-0.2, 0) is 9.59 Å². The average Bonchev–Trinajstić information content (AvgIpc) is 2.73. The van der Waals surface area contributed by atoms with Crippen molar-refractivity contribution in [2.45, 2.75) is 13.0 Å². The predicted molar refractivity (Wildman–Crippen MR) is 108 cm³/mol. The molecule has 0 saturated heterocycles. The Labute approximate surface area is 163 Å². The maximum Gasteiger partial charge on any atom is 0.313 e. The highest BCUT2D eigenvalue weighted by atomic mass is 16.2. The maximum absolute atomic E-state index is 12.5. The van der Waals surface area contributed by atoms with Gasteiger partial charge in [-0.25, -0.2) is 0 Å². The zero-order chi connectivity index (χ0) is 19.9. The molecule has 0 aromatic heterocycles. The summed E-state index contributed by atoms with van der Waals surface area (Å²) in [4.78, 5) is 36.2. The highest BCUT2D eigenvalue weighted by Crippen LogP contribution is 2.21. The first-order chi connectivity index (χ1) is 13.5. The summed E-state index contributed by atoms with van der Waals surface area (Å²) in [6.45, 7) is 1.47. The number of carbonyl (C=O) groups is 3. The van der Waals surface area contributed by atoms with Crippen LogP contribution in [0.25, 0.3) is 0 Å². The van der Waals surface area contributed by atoms with Crippen LogP contribution in [0.2, 0.25) is 0 Å². The Bertz CT molecular complexity index is 928. The quantitative estimate of drug-likeness (QED) is 0.529. The van der Waals surface area contributed by atoms with Crippen molar-refractivity contribution in [3.63, 3.8) is 0 Å². The van der Waals surface area contributed by atoms with E-state index in [0.29, 0.717) is 11.3 Å². The molecule has 0 spiro atoms. The normalized spacial score (nSPS) is 10.4. The van der Waals surface area contributed by atoms with E-state index in [9.17, 15) is 14.4 Å². The zero-order valence-corrected chi connectivity index (χ0v) is 15.4. The first-order valence-electron chi connectivity index (χ1n) is 8.87. The first-order valence-corrected chi connectivity index (χ1v) is 8.87. The molecule has 0 bridgehead atoms. The molecule has 2 amide bonds. The Balaban J connectivity index is 1.74. The average molecular weight is 372 g/mol. The van der Waals surface area contributed by atoms with Gasteiger partial charge in [-0.2, -0.15) is 0 Å². The Hall–Kier alpha value is -3.73. The Kier molecular flexibility index (Phi) is 5.97. The summed E-state index contributed by atoms with van der Waals surface area (Å²) >= 11 is 0. The number of anilines is 1. The van der Waals surface area contributed by atoms with Gasteiger partial charge < -0.3 is 10.6 Å². The van der Waals surface area contributed by atoms with Crippen LogP contribution in [0.3, 0.4) is 0 Å². The maximum atomic E-state index is 12.5. The van der Waals surface area contributed by atoms with Crippen molar-refractivity contribution < 1.29 is 14.4 Å². The van der Waals surface area contributed by atoms with E-state index in [2.05, 4.69) is 10.6 Å². The van der Waals surface area contributed by atoms with Crippen molar-refractivity contribution >= 4 is 23.3 Å². The van der Waals surface area contributed by atoms with E-state index >= 15 is 0 Å². The van der Waals surface area contributed by atoms with E-state index < -0.39 is 17.9 Å². The van der Waals surface area contributed by atoms with Crippen molar-refractivity contribution in [3.05, 3.63) is 102 Å². The van der Waals surface area contributed by atoms with Crippen molar-refractivity contribution in [1.29, 1.82) is 0 Å². The number of carbonyl (C=O) groups excluding carboxylic acids is 3. The van der Waals surface area contributed by atoms with Crippen LogP contribution in [0.15, 0.2) is 84.9 Å². The first kappa shape index (κ1) is 19.0. The van der Waals surface area contributed by atoms with Crippen LogP contribution < -0.4 is 10.6 Å². The number of ketones is 1. The minimum absolute atomic E-state index is 0.0656. The molecule has 0 atom stereocenters. The second kappa shape index (κ2) is 8.77. The molecular weight excluding hydrogens is 352 g/mol. The Morgan fingerprint density at radius 1 is 0.679 bits per heavy atom. The monoisotopic (exact) mass is 372 g/mol. The topological polar surface area (TPSA) is 75.3 Å². The van der Waals surface area contributed by atoms with Crippen LogP contribution in [0.5, 0.6) is 0 Å². The van der Waals surface area contributed by atoms with E-state index in [0.717, 1.165) is 11.1 Å². The van der Waals surface area contributed by atoms with Gasteiger partial charge >= 0.3 is 11.8 Å². The molecule has 5 heteroatoms. The molecule has 0 aliphatic carbocycles. The number of amides is 2. The zero-order valence-electron chi connectivity index (χ0n) is 15.4. The van der Waals surface area contributed by atoms with Crippen LogP contribution in [0.1, 0.15) is 34.5 Å². The third-order valence-corrected chi connectivity index (χ3v) is 4.30. The predicted octanol–water partition coefficient (Wildman–Crippen LogP) is 3.73. The van der Waals surface area contributed by atoms with Gasteiger partial charge in [-0.1, -0.05) is 60.7 Å². The van der Waals surface area contributed by atoms with E-state index in [-0.39, 0.29) is 5.78 Å². The fraction of sp³-hybridized carbons (Fsp3) is 0.0870. The highest BCUT2D eigenvalue weighted by molar-refractivity contribution is 6.39. The lowest BCUT2D eigenvalue weighted by Crippen LogP contribution is -2.38. The van der Waals surface area contributed by atoms with Gasteiger partial charge in [0.2, 0.25) is 0 Å². The Morgan fingerprint density at radius 3 is 1.64 bits per heavy atom. The number of hydrogen-bond acceptors (Lipinski definition) is 3. The van der Waals surface area contributed by atoms with E-state index in [1.165, 1.54) is 6.92 Å². The smallest absolute Gasteiger partial charge is 0.313 e. The van der Waals surface area contributed by atoms with Crippen LogP contribution >= 0.6 is 0 Å². The van der Waals surface area contributed by atoms with Gasteiger partial charge in [0.1, 0.15) is 0 Å². The fourth-order valence-corrected chi connectivity index (χ4v) is 2.82. The molecule has 5 nitrogen and oxygen atoms in total. The number of benzene rings is 3. The molecule has 0 saturated carbocycles. The SMILES string of the molecule is CC(=O)c1ccc(NC(=O)C(=O)NC(c2ccccc2)c2ccccc2)cc1. The summed E-state index contributed by atoms with van der Waals surface area (Å²) in [5, 5.41) is 5.35. The molecule has 3 aromatic carbocycles. The van der Waals surface area contributed by atoms with Gasteiger partial charge in [-0.15, -0.1) is 0 Å².